The van der Waals surface area contributed by atoms with Crippen molar-refractivity contribution in [1.82, 2.24) is 4.90 Å². The minimum Gasteiger partial charge on any atom is -0.382 e. The lowest BCUT2D eigenvalue weighted by Crippen LogP contribution is -2.36. The summed E-state index contributed by atoms with van der Waals surface area (Å²) in [5.41, 5.74) is 4.22. The molecule has 1 N–H and O–H groups in total. The zero-order valence-corrected chi connectivity index (χ0v) is 12.7. The van der Waals surface area contributed by atoms with Gasteiger partial charge in [0.05, 0.1) is 0 Å². The summed E-state index contributed by atoms with van der Waals surface area (Å²) in [5, 5.41) is 3.70. The summed E-state index contributed by atoms with van der Waals surface area (Å²) in [4.78, 5) is 2.58. The van der Waals surface area contributed by atoms with Crippen molar-refractivity contribution >= 4 is 5.69 Å². The highest BCUT2D eigenvalue weighted by atomic mass is 15.2. The smallest absolute Gasteiger partial charge is 0.0419 e. The van der Waals surface area contributed by atoms with Crippen molar-refractivity contribution in [3.05, 3.63) is 65.7 Å². The minimum atomic E-state index is 0.525. The third-order valence-corrected chi connectivity index (χ3v) is 5.32. The number of hydrogen-bond donors (Lipinski definition) is 1. The molecular formula is C19H22N2. The van der Waals surface area contributed by atoms with Crippen molar-refractivity contribution in [3.8, 4) is 0 Å². The zero-order chi connectivity index (χ0) is 14.4. The second kappa shape index (κ2) is 4.88. The van der Waals surface area contributed by atoms with E-state index in [1.54, 1.807) is 0 Å². The van der Waals surface area contributed by atoms with Crippen LogP contribution in [0.2, 0.25) is 0 Å². The molecule has 0 saturated carbocycles. The number of anilines is 1. The number of rotatable bonds is 1. The molecule has 1 unspecified atom stereocenters. The maximum Gasteiger partial charge on any atom is 0.0419 e. The SMILES string of the molecule is C[C@@H]1Nc2ccccc2[C@H]2[C@@H]1CC(c1ccccc1)N2C. The molecule has 2 aromatic rings. The summed E-state index contributed by atoms with van der Waals surface area (Å²) in [5.74, 6) is 0.676. The van der Waals surface area contributed by atoms with Gasteiger partial charge in [-0.3, -0.25) is 4.90 Å². The van der Waals surface area contributed by atoms with Gasteiger partial charge in [0.25, 0.3) is 0 Å². The molecular weight excluding hydrogens is 256 g/mol. The molecule has 2 heteroatoms. The molecule has 0 aliphatic carbocycles. The molecule has 2 heterocycles. The van der Waals surface area contributed by atoms with E-state index in [-0.39, 0.29) is 0 Å². The Kier molecular flexibility index (Phi) is 3.00. The lowest BCUT2D eigenvalue weighted by Gasteiger charge is -2.37. The van der Waals surface area contributed by atoms with Crippen molar-refractivity contribution in [1.29, 1.82) is 0 Å². The summed E-state index contributed by atoms with van der Waals surface area (Å²) in [6.45, 7) is 2.33. The molecule has 4 rings (SSSR count). The average molecular weight is 278 g/mol. The number of benzene rings is 2. The first-order chi connectivity index (χ1) is 10.3. The summed E-state index contributed by atoms with van der Waals surface area (Å²) in [7, 11) is 2.29. The van der Waals surface area contributed by atoms with E-state index in [1.807, 2.05) is 0 Å². The Bertz CT molecular complexity index is 637. The number of hydrogen-bond acceptors (Lipinski definition) is 2. The van der Waals surface area contributed by atoms with Crippen LogP contribution in [0.4, 0.5) is 5.69 Å². The molecule has 0 spiro atoms. The van der Waals surface area contributed by atoms with Gasteiger partial charge in [-0.05, 0) is 37.6 Å². The van der Waals surface area contributed by atoms with Gasteiger partial charge in [0.2, 0.25) is 0 Å². The van der Waals surface area contributed by atoms with Gasteiger partial charge in [-0.15, -0.1) is 0 Å². The fourth-order valence-electron chi connectivity index (χ4n) is 4.26. The molecule has 2 aliphatic rings. The molecule has 4 atom stereocenters. The maximum atomic E-state index is 3.70. The summed E-state index contributed by atoms with van der Waals surface area (Å²) in [6, 6.07) is 21.3. The van der Waals surface area contributed by atoms with Crippen LogP contribution in [-0.4, -0.2) is 18.0 Å². The minimum absolute atomic E-state index is 0.525. The Labute approximate surface area is 126 Å². The predicted octanol–water partition coefficient (Wildman–Crippen LogP) is 4.23. The van der Waals surface area contributed by atoms with Crippen molar-refractivity contribution in [3.63, 3.8) is 0 Å². The van der Waals surface area contributed by atoms with E-state index in [0.29, 0.717) is 24.0 Å². The first-order valence-corrected chi connectivity index (χ1v) is 7.88. The van der Waals surface area contributed by atoms with Gasteiger partial charge in [0, 0.05) is 29.7 Å². The highest BCUT2D eigenvalue weighted by Crippen LogP contribution is 2.52. The zero-order valence-electron chi connectivity index (χ0n) is 12.7. The fourth-order valence-corrected chi connectivity index (χ4v) is 4.26. The molecule has 1 fully saturated rings. The van der Waals surface area contributed by atoms with E-state index in [9.17, 15) is 0 Å². The molecule has 0 aromatic heterocycles. The van der Waals surface area contributed by atoms with Crippen molar-refractivity contribution in [2.75, 3.05) is 12.4 Å². The van der Waals surface area contributed by atoms with E-state index >= 15 is 0 Å². The van der Waals surface area contributed by atoms with Crippen LogP contribution >= 0.6 is 0 Å². The molecule has 0 amide bonds. The standard InChI is InChI=1S/C19H22N2/c1-13-16-12-18(14-8-4-3-5-9-14)21(2)19(16)15-10-6-7-11-17(15)20-13/h3-11,13,16,18-20H,12H2,1-2H3/t13-,16+,18?,19-/m0/s1. The second-order valence-corrected chi connectivity index (χ2v) is 6.46. The van der Waals surface area contributed by atoms with E-state index in [4.69, 9.17) is 0 Å². The van der Waals surface area contributed by atoms with Crippen LogP contribution in [0.1, 0.15) is 36.6 Å². The van der Waals surface area contributed by atoms with Gasteiger partial charge >= 0.3 is 0 Å². The predicted molar refractivity (Wildman–Crippen MR) is 87.3 cm³/mol. The van der Waals surface area contributed by atoms with Crippen LogP contribution in [0.3, 0.4) is 0 Å². The van der Waals surface area contributed by atoms with Gasteiger partial charge in [0.15, 0.2) is 0 Å². The van der Waals surface area contributed by atoms with E-state index in [0.717, 1.165) is 0 Å². The van der Waals surface area contributed by atoms with Gasteiger partial charge < -0.3 is 5.32 Å². The number of nitrogens with one attached hydrogen (secondary N) is 1. The first kappa shape index (κ1) is 12.9. The molecule has 2 nitrogen and oxygen atoms in total. The Morgan fingerprint density at radius 3 is 2.52 bits per heavy atom. The van der Waals surface area contributed by atoms with Crippen molar-refractivity contribution < 1.29 is 0 Å². The van der Waals surface area contributed by atoms with Gasteiger partial charge in [0.1, 0.15) is 0 Å². The lowest BCUT2D eigenvalue weighted by atomic mass is 9.83. The Balaban J connectivity index is 1.75. The molecule has 1 saturated heterocycles. The van der Waals surface area contributed by atoms with Crippen molar-refractivity contribution in [2.45, 2.75) is 31.5 Å². The molecule has 21 heavy (non-hydrogen) atoms. The van der Waals surface area contributed by atoms with Crippen LogP contribution in [-0.2, 0) is 0 Å². The van der Waals surface area contributed by atoms with Crippen LogP contribution < -0.4 is 5.32 Å². The molecule has 0 radical (unpaired) electrons. The number of fused-ring (bicyclic) bond motifs is 3. The topological polar surface area (TPSA) is 15.3 Å². The molecule has 2 aliphatic heterocycles. The van der Waals surface area contributed by atoms with Crippen LogP contribution in [0.25, 0.3) is 0 Å². The molecule has 2 aromatic carbocycles. The number of nitrogens with zero attached hydrogens (tertiary/aromatic N) is 1. The summed E-state index contributed by atoms with van der Waals surface area (Å²) in [6.07, 6.45) is 1.23. The number of likely N-dealkylation sites (tertiary alicyclic amines) is 1. The average Bonchev–Trinajstić information content (AvgIpc) is 2.87. The van der Waals surface area contributed by atoms with Crippen molar-refractivity contribution in [2.24, 2.45) is 5.92 Å². The highest BCUT2D eigenvalue weighted by molar-refractivity contribution is 5.56. The summed E-state index contributed by atoms with van der Waals surface area (Å²) >= 11 is 0. The monoisotopic (exact) mass is 278 g/mol. The first-order valence-electron chi connectivity index (χ1n) is 7.88. The molecule has 108 valence electrons. The largest absolute Gasteiger partial charge is 0.382 e. The van der Waals surface area contributed by atoms with Crippen LogP contribution in [0, 0.1) is 5.92 Å². The summed E-state index contributed by atoms with van der Waals surface area (Å²) < 4.78 is 0. The van der Waals surface area contributed by atoms with E-state index < -0.39 is 0 Å². The quantitative estimate of drug-likeness (QED) is 0.839. The van der Waals surface area contributed by atoms with Crippen LogP contribution in [0.15, 0.2) is 54.6 Å². The third-order valence-electron chi connectivity index (χ3n) is 5.32. The number of para-hydroxylation sites is 1. The Morgan fingerprint density at radius 1 is 1.00 bits per heavy atom. The third kappa shape index (κ3) is 1.97. The Morgan fingerprint density at radius 2 is 1.71 bits per heavy atom. The maximum absolute atomic E-state index is 3.70. The Hall–Kier alpha value is -1.80. The van der Waals surface area contributed by atoms with Crippen LogP contribution in [0.5, 0.6) is 0 Å². The van der Waals surface area contributed by atoms with E-state index in [1.165, 1.54) is 23.2 Å². The lowest BCUT2D eigenvalue weighted by molar-refractivity contribution is 0.218. The van der Waals surface area contributed by atoms with Gasteiger partial charge in [-0.25, -0.2) is 0 Å². The second-order valence-electron chi connectivity index (χ2n) is 6.46. The highest BCUT2D eigenvalue weighted by Gasteiger charge is 2.45. The van der Waals surface area contributed by atoms with Gasteiger partial charge in [-0.2, -0.15) is 0 Å². The van der Waals surface area contributed by atoms with Gasteiger partial charge in [-0.1, -0.05) is 48.5 Å². The van der Waals surface area contributed by atoms with E-state index in [2.05, 4.69) is 78.8 Å². The molecule has 0 bridgehead atoms. The fraction of sp³-hybridized carbons (Fsp3) is 0.368. The normalized spacial score (nSPS) is 31.3.